The fraction of sp³-hybridized carbons (Fsp3) is 0. The Morgan fingerprint density at radius 1 is 1.30 bits per heavy atom. The highest BCUT2D eigenvalue weighted by Gasteiger charge is 2.03. The van der Waals surface area contributed by atoms with E-state index in [0.717, 1.165) is 0 Å². The molecule has 0 aliphatic rings. The van der Waals surface area contributed by atoms with Crippen molar-refractivity contribution < 1.29 is 4.55 Å². The number of terminal acetylenes is 1. The second-order valence-electron chi connectivity index (χ2n) is 1.70. The first-order valence-electron chi connectivity index (χ1n) is 2.77. The highest BCUT2D eigenvalue weighted by molar-refractivity contribution is 7.96. The van der Waals surface area contributed by atoms with Crippen LogP contribution in [0.15, 0.2) is 35.2 Å². The number of benzene rings is 1. The Balaban J connectivity index is 2.88. The van der Waals surface area contributed by atoms with Gasteiger partial charge in [0.05, 0.1) is 11.2 Å². The molecule has 50 valence electrons. The Kier molecular flexibility index (Phi) is 2.38. The lowest BCUT2D eigenvalue weighted by Gasteiger charge is -1.98. The van der Waals surface area contributed by atoms with Crippen molar-refractivity contribution in [2.75, 3.05) is 0 Å². The van der Waals surface area contributed by atoms with E-state index in [4.69, 9.17) is 6.42 Å². The molecule has 0 saturated heterocycles. The van der Waals surface area contributed by atoms with Gasteiger partial charge in [-0.1, -0.05) is 24.6 Å². The Bertz CT molecular complexity index is 237. The van der Waals surface area contributed by atoms with E-state index in [2.05, 4.69) is 5.25 Å². The zero-order chi connectivity index (χ0) is 7.40. The Labute approximate surface area is 63.3 Å². The van der Waals surface area contributed by atoms with Crippen molar-refractivity contribution in [2.24, 2.45) is 0 Å². The third kappa shape index (κ3) is 1.53. The molecule has 0 bridgehead atoms. The normalized spacial score (nSPS) is 12.0. The molecule has 0 aromatic heterocycles. The third-order valence-electron chi connectivity index (χ3n) is 1.06. The summed E-state index contributed by atoms with van der Waals surface area (Å²) in [5.74, 6) is 0. The molecule has 10 heavy (non-hydrogen) atoms. The molecule has 0 amide bonds. The molecule has 1 atom stereocenters. The summed E-state index contributed by atoms with van der Waals surface area (Å²) < 4.78 is 10.9. The summed E-state index contributed by atoms with van der Waals surface area (Å²) in [4.78, 5) is 0.685. The molecule has 0 radical (unpaired) electrons. The first-order valence-corrected chi connectivity index (χ1v) is 3.92. The summed E-state index contributed by atoms with van der Waals surface area (Å²) >= 11 is -1.26. The largest absolute Gasteiger partial charge is 0.599 e. The molecule has 0 spiro atoms. The van der Waals surface area contributed by atoms with Gasteiger partial charge in [0.1, 0.15) is 0 Å². The van der Waals surface area contributed by atoms with Gasteiger partial charge >= 0.3 is 0 Å². The van der Waals surface area contributed by atoms with Crippen molar-refractivity contribution in [3.63, 3.8) is 0 Å². The first-order chi connectivity index (χ1) is 4.84. The van der Waals surface area contributed by atoms with Crippen LogP contribution in [0.1, 0.15) is 0 Å². The molecular formula is C8H6OS. The average molecular weight is 150 g/mol. The summed E-state index contributed by atoms with van der Waals surface area (Å²) in [5, 5.41) is 2.15. The second kappa shape index (κ2) is 3.31. The standard InChI is InChI=1S/C8H6OS/c1-2-10(9)8-6-4-3-5-7-8/h1,3-7H. The van der Waals surface area contributed by atoms with Crippen molar-refractivity contribution in [2.45, 2.75) is 4.90 Å². The molecular weight excluding hydrogens is 144 g/mol. The quantitative estimate of drug-likeness (QED) is 0.438. The van der Waals surface area contributed by atoms with E-state index in [9.17, 15) is 4.55 Å². The van der Waals surface area contributed by atoms with Gasteiger partial charge in [0, 0.05) is 0 Å². The highest BCUT2D eigenvalue weighted by atomic mass is 32.2. The van der Waals surface area contributed by atoms with E-state index in [1.165, 1.54) is 0 Å². The number of rotatable bonds is 1. The van der Waals surface area contributed by atoms with Crippen LogP contribution in [-0.4, -0.2) is 4.55 Å². The van der Waals surface area contributed by atoms with Crippen LogP contribution in [-0.2, 0) is 11.2 Å². The van der Waals surface area contributed by atoms with Gasteiger partial charge in [-0.3, -0.25) is 0 Å². The lowest BCUT2D eigenvalue weighted by atomic mass is 10.4. The van der Waals surface area contributed by atoms with Crippen molar-refractivity contribution in [1.82, 2.24) is 0 Å². The van der Waals surface area contributed by atoms with E-state index >= 15 is 0 Å². The zero-order valence-corrected chi connectivity index (χ0v) is 6.10. The van der Waals surface area contributed by atoms with Crippen molar-refractivity contribution >= 4 is 11.2 Å². The predicted molar refractivity (Wildman–Crippen MR) is 41.7 cm³/mol. The maximum atomic E-state index is 10.9. The summed E-state index contributed by atoms with van der Waals surface area (Å²) in [6, 6.07) is 8.97. The van der Waals surface area contributed by atoms with Crippen LogP contribution in [0.3, 0.4) is 0 Å². The van der Waals surface area contributed by atoms with Gasteiger partial charge in [0.15, 0.2) is 10.1 Å². The molecule has 1 rings (SSSR count). The van der Waals surface area contributed by atoms with Crippen LogP contribution in [0.5, 0.6) is 0 Å². The monoisotopic (exact) mass is 150 g/mol. The van der Waals surface area contributed by atoms with Crippen LogP contribution in [0.25, 0.3) is 0 Å². The van der Waals surface area contributed by atoms with E-state index < -0.39 is 11.2 Å². The Morgan fingerprint density at radius 2 is 1.90 bits per heavy atom. The highest BCUT2D eigenvalue weighted by Crippen LogP contribution is 2.07. The molecule has 0 N–H and O–H groups in total. The maximum absolute atomic E-state index is 10.9. The summed E-state index contributed by atoms with van der Waals surface area (Å²) in [6.07, 6.45) is 4.95. The van der Waals surface area contributed by atoms with Crippen molar-refractivity contribution in [1.29, 1.82) is 0 Å². The van der Waals surface area contributed by atoms with Gasteiger partial charge in [0.2, 0.25) is 0 Å². The lowest BCUT2D eigenvalue weighted by Crippen LogP contribution is -1.94. The molecule has 0 saturated carbocycles. The minimum atomic E-state index is -1.26. The van der Waals surface area contributed by atoms with Crippen molar-refractivity contribution in [3.8, 4) is 11.7 Å². The fourth-order valence-electron chi connectivity index (χ4n) is 0.612. The van der Waals surface area contributed by atoms with Crippen LogP contribution in [0.4, 0.5) is 0 Å². The number of hydrogen-bond acceptors (Lipinski definition) is 1. The fourth-order valence-corrected chi connectivity index (χ4v) is 1.15. The molecule has 2 heteroatoms. The van der Waals surface area contributed by atoms with Crippen LogP contribution < -0.4 is 0 Å². The minimum Gasteiger partial charge on any atom is -0.599 e. The topological polar surface area (TPSA) is 23.1 Å². The van der Waals surface area contributed by atoms with Gasteiger partial charge in [-0.15, -0.1) is 0 Å². The lowest BCUT2D eigenvalue weighted by molar-refractivity contribution is 0.605. The first kappa shape index (κ1) is 7.20. The molecule has 0 heterocycles. The molecule has 1 nitrogen and oxygen atoms in total. The smallest absolute Gasteiger partial charge is 0.167 e. The van der Waals surface area contributed by atoms with Gasteiger partial charge < -0.3 is 4.55 Å². The molecule has 0 fully saturated rings. The van der Waals surface area contributed by atoms with E-state index in [-0.39, 0.29) is 0 Å². The SMILES string of the molecule is C#C[S+]([O-])c1ccccc1. The van der Waals surface area contributed by atoms with Gasteiger partial charge in [0.25, 0.3) is 0 Å². The van der Waals surface area contributed by atoms with Crippen molar-refractivity contribution in [3.05, 3.63) is 30.3 Å². The summed E-state index contributed by atoms with van der Waals surface area (Å²) in [5.41, 5.74) is 0. The molecule has 1 aromatic carbocycles. The van der Waals surface area contributed by atoms with E-state index in [0.29, 0.717) is 4.90 Å². The zero-order valence-electron chi connectivity index (χ0n) is 5.28. The molecule has 0 aliphatic heterocycles. The Hall–Kier alpha value is -0.910. The molecule has 1 unspecified atom stereocenters. The predicted octanol–water partition coefficient (Wildman–Crippen LogP) is 1.38. The van der Waals surface area contributed by atoms with Crippen LogP contribution >= 0.6 is 0 Å². The molecule has 0 aliphatic carbocycles. The summed E-state index contributed by atoms with van der Waals surface area (Å²) in [7, 11) is 0. The second-order valence-corrected chi connectivity index (χ2v) is 2.94. The summed E-state index contributed by atoms with van der Waals surface area (Å²) in [6.45, 7) is 0. The Morgan fingerprint density at radius 3 is 2.40 bits per heavy atom. The van der Waals surface area contributed by atoms with Crippen LogP contribution in [0.2, 0.25) is 0 Å². The third-order valence-corrected chi connectivity index (χ3v) is 1.98. The number of hydrogen-bond donors (Lipinski definition) is 0. The van der Waals surface area contributed by atoms with Gasteiger partial charge in [-0.25, -0.2) is 0 Å². The maximum Gasteiger partial charge on any atom is 0.167 e. The average Bonchev–Trinajstić information content (AvgIpc) is 2.05. The van der Waals surface area contributed by atoms with Gasteiger partial charge in [-0.05, 0) is 12.1 Å². The molecule has 1 aromatic rings. The van der Waals surface area contributed by atoms with Gasteiger partial charge in [-0.2, -0.15) is 0 Å². The van der Waals surface area contributed by atoms with Crippen LogP contribution in [0, 0.1) is 11.7 Å². The van der Waals surface area contributed by atoms with E-state index in [1.54, 1.807) is 12.1 Å². The minimum absolute atomic E-state index is 0.685. The van der Waals surface area contributed by atoms with E-state index in [1.807, 2.05) is 18.2 Å².